The minimum Gasteiger partial charge on any atom is -0.449 e. The van der Waals surface area contributed by atoms with E-state index in [4.69, 9.17) is 5.11 Å². The summed E-state index contributed by atoms with van der Waals surface area (Å²) in [5.41, 5.74) is -2.23. The number of hydrogen-bond acceptors (Lipinski definition) is 3. The van der Waals surface area contributed by atoms with Crippen LogP contribution in [0.15, 0.2) is 47.3 Å². The largest absolute Gasteiger partial charge is 0.512 e. The second-order valence-corrected chi connectivity index (χ2v) is 4.33. The van der Waals surface area contributed by atoms with E-state index in [-0.39, 0.29) is 6.54 Å². The number of ether oxygens (including phenoxy) is 1. The maximum absolute atomic E-state index is 12.8. The number of halogens is 3. The first-order valence-corrected chi connectivity index (χ1v) is 6.05. The normalized spacial score (nSPS) is 11.2. The van der Waals surface area contributed by atoms with Gasteiger partial charge in [-0.1, -0.05) is 30.3 Å². The number of aromatic nitrogens is 1. The molecule has 1 aromatic heterocycles. The Bertz CT molecular complexity index is 738. The van der Waals surface area contributed by atoms with Crippen LogP contribution in [0.1, 0.15) is 11.1 Å². The number of hydrogen-bond donors (Lipinski definition) is 1. The second kappa shape index (κ2) is 5.92. The van der Waals surface area contributed by atoms with Crippen LogP contribution in [0.4, 0.5) is 18.0 Å². The molecule has 0 unspecified atom stereocenters. The van der Waals surface area contributed by atoms with Gasteiger partial charge < -0.3 is 9.84 Å². The molecule has 0 fully saturated rings. The summed E-state index contributed by atoms with van der Waals surface area (Å²) in [6.07, 6.45) is -6.56. The van der Waals surface area contributed by atoms with Gasteiger partial charge in [0.15, 0.2) is 0 Å². The number of benzene rings is 1. The van der Waals surface area contributed by atoms with Crippen molar-refractivity contribution < 1.29 is 27.8 Å². The van der Waals surface area contributed by atoms with Gasteiger partial charge in [-0.2, -0.15) is 13.2 Å². The molecule has 0 radical (unpaired) electrons. The summed E-state index contributed by atoms with van der Waals surface area (Å²) in [7, 11) is 0. The lowest BCUT2D eigenvalue weighted by molar-refractivity contribution is -0.139. The van der Waals surface area contributed by atoms with E-state index in [9.17, 15) is 22.8 Å². The summed E-state index contributed by atoms with van der Waals surface area (Å²) in [6.45, 7) is -0.244. The molecular weight excluding hydrogens is 303 g/mol. The fraction of sp³-hybridized carbons (Fsp3) is 0.143. The lowest BCUT2D eigenvalue weighted by Gasteiger charge is -2.14. The molecule has 2 aromatic rings. The maximum atomic E-state index is 12.8. The van der Waals surface area contributed by atoms with Crippen LogP contribution in [0.5, 0.6) is 5.88 Å². The average molecular weight is 313 g/mol. The number of carbonyl (C=O) groups is 1. The summed E-state index contributed by atoms with van der Waals surface area (Å²) >= 11 is 0. The average Bonchev–Trinajstić information content (AvgIpc) is 2.42. The van der Waals surface area contributed by atoms with E-state index in [0.29, 0.717) is 16.2 Å². The van der Waals surface area contributed by atoms with Gasteiger partial charge in [0.2, 0.25) is 5.88 Å². The Kier molecular flexibility index (Phi) is 4.20. The van der Waals surface area contributed by atoms with Crippen molar-refractivity contribution in [3.05, 3.63) is 63.9 Å². The fourth-order valence-electron chi connectivity index (χ4n) is 1.87. The molecule has 22 heavy (non-hydrogen) atoms. The van der Waals surface area contributed by atoms with Crippen LogP contribution in [0.25, 0.3) is 0 Å². The molecule has 8 heteroatoms. The number of pyridine rings is 1. The Balaban J connectivity index is 2.55. The van der Waals surface area contributed by atoms with E-state index in [2.05, 4.69) is 4.74 Å². The summed E-state index contributed by atoms with van der Waals surface area (Å²) in [4.78, 5) is 22.6. The van der Waals surface area contributed by atoms with E-state index in [0.717, 1.165) is 6.07 Å². The standard InChI is InChI=1S/C14H10F3NO4/c15-14(16,17)10-6-7-11(22-13(20)21)18(12(10)19)8-9-4-2-1-3-5-9/h1-7H,8H2,(H,20,21). The molecule has 1 heterocycles. The summed E-state index contributed by atoms with van der Waals surface area (Å²) in [5, 5.41) is 8.62. The highest BCUT2D eigenvalue weighted by Crippen LogP contribution is 2.27. The molecule has 0 bridgehead atoms. The van der Waals surface area contributed by atoms with E-state index < -0.39 is 29.3 Å². The Morgan fingerprint density at radius 3 is 2.32 bits per heavy atom. The highest BCUT2D eigenvalue weighted by Gasteiger charge is 2.35. The van der Waals surface area contributed by atoms with Crippen molar-refractivity contribution in [3.8, 4) is 5.88 Å². The molecule has 1 N–H and O–H groups in total. The third kappa shape index (κ3) is 3.46. The number of nitrogens with zero attached hydrogens (tertiary/aromatic N) is 1. The molecular formula is C14H10F3NO4. The third-order valence-electron chi connectivity index (χ3n) is 2.81. The zero-order valence-corrected chi connectivity index (χ0v) is 11.0. The molecule has 1 aromatic carbocycles. The maximum Gasteiger partial charge on any atom is 0.512 e. The molecule has 0 aliphatic carbocycles. The van der Waals surface area contributed by atoms with E-state index in [1.165, 1.54) is 0 Å². The van der Waals surface area contributed by atoms with Gasteiger partial charge in [0.25, 0.3) is 5.56 Å². The van der Waals surface area contributed by atoms with Crippen LogP contribution in [0.3, 0.4) is 0 Å². The summed E-state index contributed by atoms with van der Waals surface area (Å²) in [5.74, 6) is -0.477. The first-order chi connectivity index (χ1) is 10.3. The van der Waals surface area contributed by atoms with Gasteiger partial charge in [0.05, 0.1) is 6.54 Å². The van der Waals surface area contributed by atoms with Gasteiger partial charge in [-0.25, -0.2) is 4.79 Å². The molecule has 0 aliphatic rings. The second-order valence-electron chi connectivity index (χ2n) is 4.33. The molecule has 5 nitrogen and oxygen atoms in total. The Morgan fingerprint density at radius 1 is 1.14 bits per heavy atom. The summed E-state index contributed by atoms with van der Waals surface area (Å²) < 4.78 is 43.4. The van der Waals surface area contributed by atoms with Gasteiger partial charge in [0, 0.05) is 6.07 Å². The van der Waals surface area contributed by atoms with Crippen molar-refractivity contribution in [2.45, 2.75) is 12.7 Å². The van der Waals surface area contributed by atoms with Gasteiger partial charge in [-0.3, -0.25) is 9.36 Å². The number of alkyl halides is 3. The van der Waals surface area contributed by atoms with Crippen molar-refractivity contribution >= 4 is 6.16 Å². The monoisotopic (exact) mass is 313 g/mol. The van der Waals surface area contributed by atoms with Crippen LogP contribution in [-0.4, -0.2) is 15.8 Å². The van der Waals surface area contributed by atoms with Crippen molar-refractivity contribution in [2.24, 2.45) is 0 Å². The van der Waals surface area contributed by atoms with Gasteiger partial charge >= 0.3 is 12.3 Å². The van der Waals surface area contributed by atoms with Crippen molar-refractivity contribution in [2.75, 3.05) is 0 Å². The van der Waals surface area contributed by atoms with Crippen LogP contribution in [-0.2, 0) is 12.7 Å². The first-order valence-electron chi connectivity index (χ1n) is 6.05. The van der Waals surface area contributed by atoms with Crippen LogP contribution >= 0.6 is 0 Å². The molecule has 0 amide bonds. The van der Waals surface area contributed by atoms with Crippen molar-refractivity contribution in [1.82, 2.24) is 4.57 Å². The van der Waals surface area contributed by atoms with Gasteiger partial charge in [0.1, 0.15) is 5.56 Å². The number of carboxylic acid groups (broad SMARTS) is 1. The van der Waals surface area contributed by atoms with Crippen molar-refractivity contribution in [1.29, 1.82) is 0 Å². The first kappa shape index (κ1) is 15.6. The van der Waals surface area contributed by atoms with Gasteiger partial charge in [-0.15, -0.1) is 0 Å². The van der Waals surface area contributed by atoms with E-state index in [1.807, 2.05) is 0 Å². The smallest absolute Gasteiger partial charge is 0.449 e. The Labute approximate surface area is 122 Å². The molecule has 2 rings (SSSR count). The zero-order chi connectivity index (χ0) is 16.3. The third-order valence-corrected chi connectivity index (χ3v) is 2.81. The van der Waals surface area contributed by atoms with E-state index in [1.54, 1.807) is 30.3 Å². The SMILES string of the molecule is O=C(O)Oc1ccc(C(F)(F)F)c(=O)n1Cc1ccccc1. The van der Waals surface area contributed by atoms with E-state index >= 15 is 0 Å². The highest BCUT2D eigenvalue weighted by atomic mass is 19.4. The van der Waals surface area contributed by atoms with Crippen LogP contribution in [0, 0.1) is 0 Å². The zero-order valence-electron chi connectivity index (χ0n) is 11.0. The topological polar surface area (TPSA) is 68.5 Å². The molecule has 0 atom stereocenters. The van der Waals surface area contributed by atoms with Gasteiger partial charge in [-0.05, 0) is 11.6 Å². The molecule has 0 saturated heterocycles. The lowest BCUT2D eigenvalue weighted by Crippen LogP contribution is -2.30. The van der Waals surface area contributed by atoms with Crippen LogP contribution in [0.2, 0.25) is 0 Å². The predicted molar refractivity (Wildman–Crippen MR) is 69.9 cm³/mol. The molecule has 0 saturated carbocycles. The highest BCUT2D eigenvalue weighted by molar-refractivity contribution is 5.60. The molecule has 116 valence electrons. The lowest BCUT2D eigenvalue weighted by atomic mass is 10.2. The predicted octanol–water partition coefficient (Wildman–Crippen LogP) is 2.97. The number of rotatable bonds is 3. The van der Waals surface area contributed by atoms with Crippen molar-refractivity contribution in [3.63, 3.8) is 0 Å². The minimum atomic E-state index is -4.84. The van der Waals surface area contributed by atoms with Crippen LogP contribution < -0.4 is 10.3 Å². The quantitative estimate of drug-likeness (QED) is 0.885. The Hall–Kier alpha value is -2.77. The molecule has 0 spiro atoms. The summed E-state index contributed by atoms with van der Waals surface area (Å²) in [6, 6.07) is 9.49. The fourth-order valence-corrected chi connectivity index (χ4v) is 1.87. The minimum absolute atomic E-state index is 0.244. The molecule has 0 aliphatic heterocycles. The Morgan fingerprint density at radius 2 is 1.77 bits per heavy atom.